The number of hydrogen-bond donors (Lipinski definition) is 7. The maximum absolute atomic E-state index is 14.7. The molecular formula is C41H37N7O13S3. The van der Waals surface area contributed by atoms with Gasteiger partial charge in [0.2, 0.25) is 11.9 Å². The first-order valence-corrected chi connectivity index (χ1v) is 23.7. The lowest BCUT2D eigenvalue weighted by Gasteiger charge is -2.38. The van der Waals surface area contributed by atoms with Crippen molar-refractivity contribution in [2.75, 3.05) is 16.0 Å². The Kier molecular flexibility index (Phi) is 10.9. The Hall–Kier alpha value is -6.63. The minimum Gasteiger partial charge on any atom is -0.479 e. The third-order valence-corrected chi connectivity index (χ3v) is 14.1. The SMILES string of the molecule is Cc1cccc(C)c1Nc1nc(O)nc(Nc2cc(Nc3ccc4c5c3C(=O)C3CCCCC3c5c(C(=O)c3cccc(S(=O)(=O)O)c3)c(=O)n4C)c(S(=O)(=O)O)cc2S(=O)(=O)O)n1. The number of aromatic hydroxyl groups is 1. The molecule has 2 unspecified atom stereocenters. The highest BCUT2D eigenvalue weighted by Crippen LogP contribution is 2.50. The lowest BCUT2D eigenvalue weighted by Crippen LogP contribution is -2.36. The third-order valence-electron chi connectivity index (χ3n) is 11.4. The molecule has 8 rings (SSSR count). The van der Waals surface area contributed by atoms with Crippen molar-refractivity contribution >= 4 is 87.5 Å². The zero-order chi connectivity index (χ0) is 46.2. The molecule has 0 aliphatic heterocycles. The van der Waals surface area contributed by atoms with Crippen LogP contribution in [0.15, 0.2) is 86.2 Å². The van der Waals surface area contributed by atoms with E-state index in [1.54, 1.807) is 26.0 Å². The number of ketones is 2. The molecule has 20 nitrogen and oxygen atoms in total. The summed E-state index contributed by atoms with van der Waals surface area (Å²) >= 11 is 0. The van der Waals surface area contributed by atoms with E-state index in [2.05, 4.69) is 30.9 Å². The van der Waals surface area contributed by atoms with Gasteiger partial charge in [0, 0.05) is 29.6 Å². The molecule has 2 atom stereocenters. The van der Waals surface area contributed by atoms with E-state index in [4.69, 9.17) is 0 Å². The van der Waals surface area contributed by atoms with Gasteiger partial charge in [0.1, 0.15) is 9.79 Å². The van der Waals surface area contributed by atoms with Crippen LogP contribution in [0.5, 0.6) is 6.01 Å². The summed E-state index contributed by atoms with van der Waals surface area (Å²) in [6.07, 6.45) is 1.99. The number of carbonyl (C=O) groups excluding carboxylic acids is 2. The van der Waals surface area contributed by atoms with Crippen LogP contribution in [0.1, 0.15) is 74.6 Å². The van der Waals surface area contributed by atoms with Crippen molar-refractivity contribution in [1.29, 1.82) is 0 Å². The zero-order valence-corrected chi connectivity index (χ0v) is 36.3. The Bertz CT molecular complexity index is 3410. The summed E-state index contributed by atoms with van der Waals surface area (Å²) in [6.45, 7) is 3.61. The van der Waals surface area contributed by atoms with Gasteiger partial charge in [-0.2, -0.15) is 40.2 Å². The van der Waals surface area contributed by atoms with Crippen molar-refractivity contribution in [3.8, 4) is 6.01 Å². The van der Waals surface area contributed by atoms with Crippen LogP contribution in [0.3, 0.4) is 0 Å². The van der Waals surface area contributed by atoms with Gasteiger partial charge >= 0.3 is 6.01 Å². The molecular weight excluding hydrogens is 895 g/mol. The predicted octanol–water partition coefficient (Wildman–Crippen LogP) is 5.72. The summed E-state index contributed by atoms with van der Waals surface area (Å²) in [6, 6.07) is 13.2. The zero-order valence-electron chi connectivity index (χ0n) is 33.8. The molecule has 7 N–H and O–H groups in total. The summed E-state index contributed by atoms with van der Waals surface area (Å²) in [5.41, 5.74) is -0.0479. The van der Waals surface area contributed by atoms with Gasteiger partial charge in [0.15, 0.2) is 11.6 Å². The van der Waals surface area contributed by atoms with Crippen molar-refractivity contribution in [2.24, 2.45) is 13.0 Å². The molecule has 2 heterocycles. The molecule has 2 aliphatic carbocycles. The molecule has 0 saturated heterocycles. The molecule has 0 bridgehead atoms. The maximum atomic E-state index is 14.7. The van der Waals surface area contributed by atoms with Crippen LogP contribution >= 0.6 is 0 Å². The number of benzene rings is 4. The Morgan fingerprint density at radius 2 is 1.30 bits per heavy atom. The minimum absolute atomic E-state index is 0.0776. The average Bonchev–Trinajstić information content (AvgIpc) is 3.21. The van der Waals surface area contributed by atoms with Crippen molar-refractivity contribution < 1.29 is 53.6 Å². The largest absolute Gasteiger partial charge is 0.479 e. The van der Waals surface area contributed by atoms with Crippen LogP contribution in [0.2, 0.25) is 0 Å². The summed E-state index contributed by atoms with van der Waals surface area (Å²) in [5.74, 6) is -3.42. The number of hydrogen-bond acceptors (Lipinski definition) is 16. The quantitative estimate of drug-likeness (QED) is 0.0603. The van der Waals surface area contributed by atoms with E-state index >= 15 is 0 Å². The van der Waals surface area contributed by atoms with Crippen LogP contribution in [-0.2, 0) is 37.4 Å². The second-order valence-electron chi connectivity index (χ2n) is 15.4. The molecule has 0 spiro atoms. The molecule has 0 amide bonds. The second kappa shape index (κ2) is 15.9. The van der Waals surface area contributed by atoms with Gasteiger partial charge < -0.3 is 25.6 Å². The predicted molar refractivity (Wildman–Crippen MR) is 231 cm³/mol. The number of fused-ring (bicyclic) bond motifs is 2. The number of aryl methyl sites for hydroxylation is 3. The molecule has 332 valence electrons. The number of rotatable bonds is 11. The topological polar surface area (TPSA) is 314 Å². The number of anilines is 6. The maximum Gasteiger partial charge on any atom is 0.320 e. The minimum atomic E-state index is -5.34. The molecule has 4 aromatic carbocycles. The van der Waals surface area contributed by atoms with E-state index in [9.17, 15) is 58.4 Å². The molecule has 64 heavy (non-hydrogen) atoms. The first-order chi connectivity index (χ1) is 30.0. The van der Waals surface area contributed by atoms with Crippen LogP contribution in [0.25, 0.3) is 10.9 Å². The normalized spacial score (nSPS) is 16.3. The Balaban J connectivity index is 1.32. The fraction of sp³-hybridized carbons (Fsp3) is 0.220. The summed E-state index contributed by atoms with van der Waals surface area (Å²) in [5, 5.41) is 19.0. The number of nitrogens with one attached hydrogen (secondary N) is 3. The number of para-hydroxylation sites is 1. The van der Waals surface area contributed by atoms with E-state index in [1.807, 2.05) is 6.07 Å². The van der Waals surface area contributed by atoms with Crippen LogP contribution in [0.4, 0.5) is 34.6 Å². The fourth-order valence-electron chi connectivity index (χ4n) is 8.58. The first kappa shape index (κ1) is 44.0. The molecule has 1 fully saturated rings. The summed E-state index contributed by atoms with van der Waals surface area (Å²) in [7, 11) is -14.0. The lowest BCUT2D eigenvalue weighted by molar-refractivity contribution is 0.0861. The fourth-order valence-corrected chi connectivity index (χ4v) is 10.5. The van der Waals surface area contributed by atoms with Crippen molar-refractivity contribution in [1.82, 2.24) is 19.5 Å². The highest BCUT2D eigenvalue weighted by molar-refractivity contribution is 7.87. The molecule has 2 aliphatic rings. The Morgan fingerprint density at radius 1 is 0.703 bits per heavy atom. The Labute approximate surface area is 364 Å². The number of carbonyl (C=O) groups is 2. The van der Waals surface area contributed by atoms with E-state index in [0.717, 1.165) is 33.9 Å². The van der Waals surface area contributed by atoms with E-state index < -0.39 is 97.3 Å². The molecule has 1 saturated carbocycles. The molecule has 2 aromatic heterocycles. The van der Waals surface area contributed by atoms with Gasteiger partial charge in [-0.25, -0.2) is 0 Å². The van der Waals surface area contributed by atoms with Gasteiger partial charge in [-0.05, 0) is 85.7 Å². The van der Waals surface area contributed by atoms with Crippen molar-refractivity contribution in [3.63, 3.8) is 0 Å². The van der Waals surface area contributed by atoms with Crippen molar-refractivity contribution in [2.45, 2.75) is 60.1 Å². The smallest absolute Gasteiger partial charge is 0.320 e. The van der Waals surface area contributed by atoms with E-state index in [-0.39, 0.29) is 44.8 Å². The van der Waals surface area contributed by atoms with Crippen molar-refractivity contribution in [3.05, 3.63) is 110 Å². The second-order valence-corrected chi connectivity index (χ2v) is 19.6. The lowest BCUT2D eigenvalue weighted by atomic mass is 9.65. The van der Waals surface area contributed by atoms with Gasteiger partial charge in [0.25, 0.3) is 35.9 Å². The molecule has 23 heteroatoms. The third kappa shape index (κ3) is 7.96. The van der Waals surface area contributed by atoms with Crippen LogP contribution < -0.4 is 21.5 Å². The van der Waals surface area contributed by atoms with E-state index in [0.29, 0.717) is 37.4 Å². The summed E-state index contributed by atoms with van der Waals surface area (Å²) in [4.78, 5) is 52.5. The van der Waals surface area contributed by atoms with Crippen LogP contribution in [0, 0.1) is 19.8 Å². The number of nitrogens with zero attached hydrogens (tertiary/aromatic N) is 4. The number of aromatic nitrogens is 4. The van der Waals surface area contributed by atoms with Gasteiger partial charge in [-0.3, -0.25) is 28.0 Å². The summed E-state index contributed by atoms with van der Waals surface area (Å²) < 4.78 is 107. The molecule has 0 radical (unpaired) electrons. The average molecular weight is 932 g/mol. The van der Waals surface area contributed by atoms with Gasteiger partial charge in [-0.15, -0.1) is 0 Å². The first-order valence-electron chi connectivity index (χ1n) is 19.3. The highest BCUT2D eigenvalue weighted by atomic mass is 32.2. The van der Waals surface area contributed by atoms with Crippen LogP contribution in [-0.4, -0.2) is 75.1 Å². The standard InChI is InChI=1S/C41H37N7O13S3/c1-19-8-6-9-20(2)35(19)44-40-45-39(46-41(52)47-40)43-27-17-26(29(63(56,57)58)18-30(27)64(59,60)61)42-25-14-15-28-33-31(23-12-4-5-13-24(23)37(50)32(25)33)34(38(51)48(28)3)36(49)21-10-7-11-22(16-21)62(53,54)55/h6-11,14-18,23-24,42H,4-5,12-13H2,1-3H3,(H,53,54,55)(H,56,57,58)(H,59,60,61)(H3,43,44,45,46,47,52). The highest BCUT2D eigenvalue weighted by Gasteiger charge is 2.43. The van der Waals surface area contributed by atoms with Gasteiger partial charge in [-0.1, -0.05) is 43.2 Å². The van der Waals surface area contributed by atoms with Gasteiger partial charge in [0.05, 0.1) is 38.6 Å². The van der Waals surface area contributed by atoms with E-state index in [1.165, 1.54) is 31.3 Å². The number of Topliss-reactive ketones (excluding diaryl/α,β-unsaturated/α-hetero) is 1. The number of pyridine rings is 1. The Morgan fingerprint density at radius 3 is 1.92 bits per heavy atom. The molecule has 6 aromatic rings. The monoisotopic (exact) mass is 931 g/mol.